The fourth-order valence-electron chi connectivity index (χ4n) is 7.38. The molecular weight excluding hydrogens is 630 g/mol. The van der Waals surface area contributed by atoms with Crippen LogP contribution in [-0.4, -0.2) is 101 Å². The van der Waals surface area contributed by atoms with Gasteiger partial charge in [0.1, 0.15) is 18.7 Å². The summed E-state index contributed by atoms with van der Waals surface area (Å²) in [6.45, 7) is 10.5. The third-order valence-corrected chi connectivity index (χ3v) is 10.7. The Balaban J connectivity index is 1.32. The molecule has 0 spiro atoms. The third-order valence-electron chi connectivity index (χ3n) is 10.7. The fourth-order valence-corrected chi connectivity index (χ4v) is 7.38. The minimum Gasteiger partial charge on any atom is -0.442 e. The molecule has 276 valence electrons. The first kappa shape index (κ1) is 39.4. The van der Waals surface area contributed by atoms with Crippen molar-refractivity contribution in [3.63, 3.8) is 0 Å². The highest BCUT2D eigenvalue weighted by molar-refractivity contribution is 5.68. The van der Waals surface area contributed by atoms with Gasteiger partial charge in [0, 0.05) is 69.8 Å². The second kappa shape index (κ2) is 21.1. The Bertz CT molecular complexity index is 1280. The number of hydrogen-bond acceptors (Lipinski definition) is 9. The number of carbonyl (C=O) groups is 3. The number of hydrogen-bond donors (Lipinski definition) is 1. The maximum absolute atomic E-state index is 13.3. The lowest BCUT2D eigenvalue weighted by molar-refractivity contribution is -0.111. The van der Waals surface area contributed by atoms with E-state index < -0.39 is 0 Å². The van der Waals surface area contributed by atoms with Crippen LogP contribution in [0.3, 0.4) is 0 Å². The number of aldehydes is 2. The van der Waals surface area contributed by atoms with Crippen LogP contribution >= 0.6 is 0 Å². The number of nitrogens with zero attached hydrogens (tertiary/aromatic N) is 5. The highest BCUT2D eigenvalue weighted by atomic mass is 16.6. The number of allylic oxidation sites excluding steroid dienone is 5. The van der Waals surface area contributed by atoms with E-state index in [2.05, 4.69) is 22.9 Å². The molecule has 4 rings (SSSR count). The van der Waals surface area contributed by atoms with Crippen molar-refractivity contribution in [2.75, 3.05) is 44.2 Å². The van der Waals surface area contributed by atoms with Gasteiger partial charge in [0.15, 0.2) is 0 Å². The number of carbonyl (C=O) groups excluding carboxylic acids is 3. The molecule has 2 saturated heterocycles. The van der Waals surface area contributed by atoms with Gasteiger partial charge in [0.05, 0.1) is 11.8 Å². The zero-order valence-electron chi connectivity index (χ0n) is 30.7. The van der Waals surface area contributed by atoms with Crippen LogP contribution in [-0.2, 0) is 14.3 Å². The summed E-state index contributed by atoms with van der Waals surface area (Å²) >= 11 is 0. The van der Waals surface area contributed by atoms with Gasteiger partial charge in [-0.3, -0.25) is 4.90 Å². The number of aliphatic hydroxyl groups excluding tert-OH is 1. The molecule has 1 aromatic heterocycles. The van der Waals surface area contributed by atoms with Gasteiger partial charge in [0.2, 0.25) is 5.95 Å². The Kier molecular flexibility index (Phi) is 16.6. The number of anilines is 1. The molecule has 3 fully saturated rings. The van der Waals surface area contributed by atoms with Crippen LogP contribution in [0.2, 0.25) is 0 Å². The number of aromatic nitrogens is 2. The molecule has 1 N–H and O–H groups in total. The summed E-state index contributed by atoms with van der Waals surface area (Å²) in [6.07, 6.45) is 25.1. The molecule has 5 atom stereocenters. The van der Waals surface area contributed by atoms with Crippen molar-refractivity contribution in [3.8, 4) is 0 Å². The van der Waals surface area contributed by atoms with E-state index >= 15 is 0 Å². The van der Waals surface area contributed by atoms with Crippen molar-refractivity contribution < 1.29 is 24.2 Å². The van der Waals surface area contributed by atoms with Gasteiger partial charge < -0.3 is 29.2 Å². The molecule has 10 heteroatoms. The molecule has 0 bridgehead atoms. The van der Waals surface area contributed by atoms with Crippen molar-refractivity contribution in [3.05, 3.63) is 53.9 Å². The van der Waals surface area contributed by atoms with Gasteiger partial charge >= 0.3 is 6.09 Å². The van der Waals surface area contributed by atoms with E-state index in [0.717, 1.165) is 69.2 Å². The molecule has 1 aliphatic carbocycles. The van der Waals surface area contributed by atoms with Crippen LogP contribution < -0.4 is 4.90 Å². The number of aliphatic hydroxyl groups is 1. The van der Waals surface area contributed by atoms with Crippen LogP contribution in [0.25, 0.3) is 0 Å². The molecule has 10 nitrogen and oxygen atoms in total. The van der Waals surface area contributed by atoms with Gasteiger partial charge in [-0.25, -0.2) is 14.8 Å². The van der Waals surface area contributed by atoms with Gasteiger partial charge in [-0.05, 0) is 63.5 Å². The lowest BCUT2D eigenvalue weighted by Gasteiger charge is -2.39. The lowest BCUT2D eigenvalue weighted by Crippen LogP contribution is -2.52. The minimum absolute atomic E-state index is 0.0436. The Hall–Kier alpha value is -3.37. The van der Waals surface area contributed by atoms with Gasteiger partial charge in [0.25, 0.3) is 0 Å². The van der Waals surface area contributed by atoms with Crippen LogP contribution in [0.5, 0.6) is 0 Å². The van der Waals surface area contributed by atoms with E-state index in [1.807, 2.05) is 54.0 Å². The summed E-state index contributed by atoms with van der Waals surface area (Å²) in [6, 6.07) is 2.55. The zero-order chi connectivity index (χ0) is 35.7. The Morgan fingerprint density at radius 2 is 1.74 bits per heavy atom. The maximum Gasteiger partial charge on any atom is 0.410 e. The molecule has 3 aliphatic rings. The highest BCUT2D eigenvalue weighted by Gasteiger charge is 2.28. The minimum atomic E-state index is -0.389. The lowest BCUT2D eigenvalue weighted by atomic mass is 9.88. The van der Waals surface area contributed by atoms with Crippen LogP contribution in [0, 0.1) is 11.8 Å². The molecular formula is C40H61N5O5. The Morgan fingerprint density at radius 1 is 0.980 bits per heavy atom. The monoisotopic (exact) mass is 691 g/mol. The summed E-state index contributed by atoms with van der Waals surface area (Å²) in [5.41, 5.74) is 1.85. The first-order valence-electron chi connectivity index (χ1n) is 19.2. The summed E-state index contributed by atoms with van der Waals surface area (Å²) < 4.78 is 6.07. The number of rotatable bonds is 17. The van der Waals surface area contributed by atoms with Gasteiger partial charge in [-0.15, -0.1) is 0 Å². The van der Waals surface area contributed by atoms with Gasteiger partial charge in [-0.1, -0.05) is 75.8 Å². The zero-order valence-corrected chi connectivity index (χ0v) is 30.7. The first-order valence-corrected chi connectivity index (χ1v) is 19.2. The van der Waals surface area contributed by atoms with Crippen LogP contribution in [0.15, 0.2) is 48.2 Å². The van der Waals surface area contributed by atoms with Crippen molar-refractivity contribution in [2.45, 2.75) is 122 Å². The smallest absolute Gasteiger partial charge is 0.410 e. The predicted octanol–water partition coefficient (Wildman–Crippen LogP) is 6.66. The summed E-state index contributed by atoms with van der Waals surface area (Å²) in [7, 11) is 0. The molecule has 1 aromatic rings. The Labute approximate surface area is 300 Å². The molecule has 1 amide bonds. The van der Waals surface area contributed by atoms with Crippen molar-refractivity contribution in [1.82, 2.24) is 19.8 Å². The van der Waals surface area contributed by atoms with E-state index in [9.17, 15) is 19.5 Å². The highest BCUT2D eigenvalue weighted by Crippen LogP contribution is 2.25. The predicted molar refractivity (Wildman–Crippen MR) is 198 cm³/mol. The van der Waals surface area contributed by atoms with Crippen molar-refractivity contribution >= 4 is 24.6 Å². The molecule has 0 aromatic carbocycles. The van der Waals surface area contributed by atoms with Crippen molar-refractivity contribution in [2.24, 2.45) is 11.8 Å². The first-order chi connectivity index (χ1) is 24.3. The van der Waals surface area contributed by atoms with E-state index in [1.165, 1.54) is 38.5 Å². The van der Waals surface area contributed by atoms with Gasteiger partial charge in [-0.2, -0.15) is 0 Å². The van der Waals surface area contributed by atoms with Crippen LogP contribution in [0.1, 0.15) is 109 Å². The summed E-state index contributed by atoms with van der Waals surface area (Å²) in [5, 5.41) is 9.89. The van der Waals surface area contributed by atoms with E-state index in [-0.39, 0.29) is 36.1 Å². The quantitative estimate of drug-likeness (QED) is 0.0630. The standard InChI is InChI=1S/C40H61N5O5/c1-31(13-12-14-33(3)38-20-22-41-39(42-38)45-23-21-35(48)29-45)37(30-47)32(2)18-19-36(17-10-6-7-11-28-46)50-40(49)44-26-24-43(25-27-44)34-15-8-4-5-9-16-34/h12-14,18-20,22,28,30,32-37,48H,4-11,15-17,21,23-27,29H2,1-3H3/b14-12+,19-18+,31-13+/t32-,33?,35+,36+,37+/m0/s1. The van der Waals surface area contributed by atoms with E-state index in [4.69, 9.17) is 9.72 Å². The normalized spacial score (nSPS) is 22.4. The Morgan fingerprint density at radius 3 is 2.42 bits per heavy atom. The molecule has 0 radical (unpaired) electrons. The van der Waals surface area contributed by atoms with E-state index in [1.54, 1.807) is 6.20 Å². The SMILES string of the molecule is C/C(=C\C=C\C(C)c1ccnc(N2CC[C@@H](O)C2)n1)[C@@H](C=O)[C@@H](C)/C=C/[C@@H](CCCCCC=O)OC(=O)N1CCN(C2CCCCCC2)CC1. The third kappa shape index (κ3) is 12.4. The summed E-state index contributed by atoms with van der Waals surface area (Å²) in [4.78, 5) is 51.9. The molecule has 1 unspecified atom stereocenters. The fraction of sp³-hybridized carbons (Fsp3) is 0.675. The average Bonchev–Trinajstić information content (AvgIpc) is 3.38. The molecule has 2 aliphatic heterocycles. The second-order valence-corrected chi connectivity index (χ2v) is 14.6. The maximum atomic E-state index is 13.3. The van der Waals surface area contributed by atoms with Crippen LogP contribution in [0.4, 0.5) is 10.7 Å². The topological polar surface area (TPSA) is 116 Å². The van der Waals surface area contributed by atoms with E-state index in [0.29, 0.717) is 44.5 Å². The number of ether oxygens (including phenoxy) is 1. The number of amides is 1. The summed E-state index contributed by atoms with van der Waals surface area (Å²) in [5.74, 6) is 0.279. The second-order valence-electron chi connectivity index (χ2n) is 14.6. The number of piperazine rings is 1. The molecule has 1 saturated carbocycles. The van der Waals surface area contributed by atoms with Crippen molar-refractivity contribution in [1.29, 1.82) is 0 Å². The number of unbranched alkanes of at least 4 members (excludes halogenated alkanes) is 3. The average molecular weight is 692 g/mol. The largest absolute Gasteiger partial charge is 0.442 e. The molecule has 3 heterocycles. The molecule has 50 heavy (non-hydrogen) atoms. The number of β-amino-alcohol motifs (C(OH)–C–C–N with tert-alkyl or cyclic N) is 1.